The van der Waals surface area contributed by atoms with Gasteiger partial charge in [-0.05, 0) is 25.8 Å². The van der Waals surface area contributed by atoms with E-state index in [0.29, 0.717) is 11.7 Å². The summed E-state index contributed by atoms with van der Waals surface area (Å²) in [6, 6.07) is 1.92. The third kappa shape index (κ3) is 2.10. The average Bonchev–Trinajstić information content (AvgIpc) is 2.96. The van der Waals surface area contributed by atoms with Gasteiger partial charge in [0.05, 0.1) is 6.54 Å². The molecule has 1 aliphatic rings. The Hall–Kier alpha value is -1.84. The maximum Gasteiger partial charge on any atom is 0.167 e. The van der Waals surface area contributed by atoms with Crippen molar-refractivity contribution in [2.75, 3.05) is 0 Å². The molecule has 2 heterocycles. The fourth-order valence-corrected chi connectivity index (χ4v) is 2.21. The van der Waals surface area contributed by atoms with Crippen molar-refractivity contribution >= 4 is 5.78 Å². The molecule has 0 spiro atoms. The van der Waals surface area contributed by atoms with E-state index in [1.54, 1.807) is 0 Å². The maximum atomic E-state index is 11.9. The van der Waals surface area contributed by atoms with Gasteiger partial charge in [-0.15, -0.1) is 0 Å². The van der Waals surface area contributed by atoms with Crippen molar-refractivity contribution in [3.05, 3.63) is 42.2 Å². The van der Waals surface area contributed by atoms with Gasteiger partial charge in [-0.2, -0.15) is 0 Å². The zero-order valence-corrected chi connectivity index (χ0v) is 10.5. The maximum absolute atomic E-state index is 11.9. The molecule has 0 aliphatic heterocycles. The van der Waals surface area contributed by atoms with Crippen LogP contribution in [0.3, 0.4) is 0 Å². The molecule has 1 fully saturated rings. The summed E-state index contributed by atoms with van der Waals surface area (Å²) in [6.07, 6.45) is 9.82. The van der Waals surface area contributed by atoms with E-state index < -0.39 is 0 Å². The highest BCUT2D eigenvalue weighted by atomic mass is 16.1. The Morgan fingerprint density at radius 1 is 1.44 bits per heavy atom. The number of carbonyl (C=O) groups excluding carboxylic acids is 1. The first-order valence-corrected chi connectivity index (χ1v) is 6.48. The zero-order valence-electron chi connectivity index (χ0n) is 10.5. The molecule has 1 aliphatic carbocycles. The third-order valence-corrected chi connectivity index (χ3v) is 3.45. The summed E-state index contributed by atoms with van der Waals surface area (Å²) in [5.74, 6) is 1.62. The van der Waals surface area contributed by atoms with Crippen LogP contribution in [-0.4, -0.2) is 19.9 Å². The minimum Gasteiger partial charge on any atom is -0.346 e. The van der Waals surface area contributed by atoms with Gasteiger partial charge in [0.15, 0.2) is 5.78 Å². The quantitative estimate of drug-likeness (QED) is 0.756. The summed E-state index contributed by atoms with van der Waals surface area (Å²) in [5.41, 5.74) is 0.840. The van der Waals surface area contributed by atoms with E-state index in [2.05, 4.69) is 16.5 Å². The average molecular weight is 243 g/mol. The summed E-state index contributed by atoms with van der Waals surface area (Å²) < 4.78 is 4.15. The molecule has 0 radical (unpaired) electrons. The van der Waals surface area contributed by atoms with Gasteiger partial charge in [-0.25, -0.2) is 4.98 Å². The van der Waals surface area contributed by atoms with Crippen molar-refractivity contribution in [2.45, 2.75) is 32.9 Å². The van der Waals surface area contributed by atoms with Crippen molar-refractivity contribution in [1.82, 2.24) is 14.1 Å². The predicted molar refractivity (Wildman–Crippen MR) is 68.5 cm³/mol. The standard InChI is InChI=1S/C14H17N3O/c1-2-17-8-6-15-13(17)10-16-7-5-12(9-16)14(18)11-3-4-11/h5-9,11H,2-4,10H2,1H3. The van der Waals surface area contributed by atoms with Crippen LogP contribution in [0.5, 0.6) is 0 Å². The molecule has 18 heavy (non-hydrogen) atoms. The number of rotatable bonds is 5. The van der Waals surface area contributed by atoms with Crippen LogP contribution >= 0.6 is 0 Å². The molecule has 0 amide bonds. The number of hydrogen-bond acceptors (Lipinski definition) is 2. The third-order valence-electron chi connectivity index (χ3n) is 3.45. The largest absolute Gasteiger partial charge is 0.346 e. The lowest BCUT2D eigenvalue weighted by atomic mass is 10.1. The van der Waals surface area contributed by atoms with Gasteiger partial charge in [0.2, 0.25) is 0 Å². The highest BCUT2D eigenvalue weighted by Crippen LogP contribution is 2.32. The van der Waals surface area contributed by atoms with E-state index in [1.807, 2.05) is 35.4 Å². The van der Waals surface area contributed by atoms with Gasteiger partial charge in [-0.1, -0.05) is 0 Å². The van der Waals surface area contributed by atoms with Crippen molar-refractivity contribution in [3.8, 4) is 0 Å². The number of carbonyl (C=O) groups is 1. The van der Waals surface area contributed by atoms with Crippen molar-refractivity contribution in [3.63, 3.8) is 0 Å². The normalized spacial score (nSPS) is 14.9. The summed E-state index contributed by atoms with van der Waals surface area (Å²) >= 11 is 0. The van der Waals surface area contributed by atoms with Gasteiger partial charge in [0.1, 0.15) is 5.82 Å². The molecule has 2 aromatic rings. The van der Waals surface area contributed by atoms with E-state index in [9.17, 15) is 4.79 Å². The lowest BCUT2D eigenvalue weighted by Gasteiger charge is -2.05. The van der Waals surface area contributed by atoms with Gasteiger partial charge >= 0.3 is 0 Å². The molecule has 0 unspecified atom stereocenters. The number of Topliss-reactive ketones (excluding diaryl/α,β-unsaturated/α-hetero) is 1. The van der Waals surface area contributed by atoms with Crippen LogP contribution in [0.4, 0.5) is 0 Å². The molecule has 0 atom stereocenters. The number of imidazole rings is 1. The molecule has 2 aromatic heterocycles. The van der Waals surface area contributed by atoms with Crippen LogP contribution < -0.4 is 0 Å². The second-order valence-electron chi connectivity index (χ2n) is 4.84. The molecular formula is C14H17N3O. The van der Waals surface area contributed by atoms with Crippen molar-refractivity contribution in [1.29, 1.82) is 0 Å². The smallest absolute Gasteiger partial charge is 0.167 e. The Bertz CT molecular complexity index is 563. The minimum absolute atomic E-state index is 0.290. The van der Waals surface area contributed by atoms with Crippen LogP contribution in [0.25, 0.3) is 0 Å². The molecular weight excluding hydrogens is 226 g/mol. The van der Waals surface area contributed by atoms with Crippen molar-refractivity contribution in [2.24, 2.45) is 5.92 Å². The second-order valence-corrected chi connectivity index (χ2v) is 4.84. The molecule has 4 heteroatoms. The number of ketones is 1. The highest BCUT2D eigenvalue weighted by Gasteiger charge is 2.30. The molecule has 0 saturated heterocycles. The monoisotopic (exact) mass is 243 g/mol. The van der Waals surface area contributed by atoms with Crippen LogP contribution in [-0.2, 0) is 13.1 Å². The SMILES string of the molecule is CCn1ccnc1Cn1ccc(C(=O)C2CC2)c1. The van der Waals surface area contributed by atoms with Gasteiger partial charge in [-0.3, -0.25) is 4.79 Å². The van der Waals surface area contributed by atoms with E-state index >= 15 is 0 Å². The van der Waals surface area contributed by atoms with Gasteiger partial charge in [0.25, 0.3) is 0 Å². The molecule has 4 nitrogen and oxygen atoms in total. The highest BCUT2D eigenvalue weighted by molar-refractivity contribution is 5.99. The van der Waals surface area contributed by atoms with Crippen LogP contribution in [0.2, 0.25) is 0 Å². The zero-order chi connectivity index (χ0) is 12.5. The first kappa shape index (κ1) is 11.3. The first-order chi connectivity index (χ1) is 8.78. The lowest BCUT2D eigenvalue weighted by Crippen LogP contribution is -2.06. The molecule has 0 bridgehead atoms. The van der Waals surface area contributed by atoms with E-state index in [4.69, 9.17) is 0 Å². The molecule has 0 N–H and O–H groups in total. The number of hydrogen-bond donors (Lipinski definition) is 0. The second kappa shape index (κ2) is 4.44. The Balaban J connectivity index is 1.75. The van der Waals surface area contributed by atoms with Crippen LogP contribution in [0.15, 0.2) is 30.9 Å². The number of aromatic nitrogens is 3. The number of nitrogens with zero attached hydrogens (tertiary/aromatic N) is 3. The fraction of sp³-hybridized carbons (Fsp3) is 0.429. The molecule has 94 valence electrons. The summed E-state index contributed by atoms with van der Waals surface area (Å²) in [4.78, 5) is 16.3. The van der Waals surface area contributed by atoms with Gasteiger partial charge in [0, 0.05) is 42.8 Å². The van der Waals surface area contributed by atoms with Crippen LogP contribution in [0.1, 0.15) is 35.9 Å². The Morgan fingerprint density at radius 2 is 2.28 bits per heavy atom. The van der Waals surface area contributed by atoms with E-state index in [-0.39, 0.29) is 0 Å². The topological polar surface area (TPSA) is 39.8 Å². The predicted octanol–water partition coefficient (Wildman–Crippen LogP) is 2.35. The summed E-state index contributed by atoms with van der Waals surface area (Å²) in [7, 11) is 0. The summed E-state index contributed by atoms with van der Waals surface area (Å²) in [5, 5.41) is 0. The van der Waals surface area contributed by atoms with E-state index in [0.717, 1.165) is 37.3 Å². The fourth-order valence-electron chi connectivity index (χ4n) is 2.21. The Morgan fingerprint density at radius 3 is 3.00 bits per heavy atom. The lowest BCUT2D eigenvalue weighted by molar-refractivity contribution is 0.0967. The molecule has 0 aromatic carbocycles. The molecule has 1 saturated carbocycles. The Labute approximate surface area is 106 Å². The van der Waals surface area contributed by atoms with Gasteiger partial charge < -0.3 is 9.13 Å². The number of aryl methyl sites for hydroxylation is 1. The first-order valence-electron chi connectivity index (χ1n) is 6.48. The van der Waals surface area contributed by atoms with E-state index in [1.165, 1.54) is 0 Å². The minimum atomic E-state index is 0.290. The summed E-state index contributed by atoms with van der Waals surface area (Å²) in [6.45, 7) is 3.74. The van der Waals surface area contributed by atoms with Crippen LogP contribution in [0, 0.1) is 5.92 Å². The molecule has 3 rings (SSSR count). The Kier molecular flexibility index (Phi) is 2.78. The van der Waals surface area contributed by atoms with Crippen molar-refractivity contribution < 1.29 is 4.79 Å².